The monoisotopic (exact) mass is 674 g/mol. The van der Waals surface area contributed by atoms with Gasteiger partial charge in [-0.3, -0.25) is 19.2 Å². The predicted octanol–water partition coefficient (Wildman–Crippen LogP) is -0.758. The minimum absolute atomic E-state index is 0.0417. The molecule has 17 nitrogen and oxygen atoms in total. The van der Waals surface area contributed by atoms with Crippen LogP contribution >= 0.6 is 0 Å². The Morgan fingerprint density at radius 3 is 1.06 bits per heavy atom. The van der Waals surface area contributed by atoms with Gasteiger partial charge >= 0.3 is 41.8 Å². The molecular formula is C30H42O17. The number of carbonyl (C=O) groups is 7. The second-order valence-electron chi connectivity index (χ2n) is 10.2. The fourth-order valence-corrected chi connectivity index (χ4v) is 3.10. The highest BCUT2D eigenvalue weighted by atomic mass is 16.6. The van der Waals surface area contributed by atoms with Crippen molar-refractivity contribution in [1.29, 1.82) is 0 Å². The fourth-order valence-electron chi connectivity index (χ4n) is 3.10. The summed E-state index contributed by atoms with van der Waals surface area (Å²) in [4.78, 5) is 85.5. The maximum Gasteiger partial charge on any atom is 0.333 e. The van der Waals surface area contributed by atoms with Crippen LogP contribution in [0.25, 0.3) is 0 Å². The number of ether oxygens (including phenoxy) is 7. The lowest BCUT2D eigenvalue weighted by atomic mass is 9.86. The average Bonchev–Trinajstić information content (AvgIpc) is 3.02. The molecule has 0 saturated heterocycles. The number of methoxy groups -OCH3 is 1. The third kappa shape index (κ3) is 18.2. The first kappa shape index (κ1) is 42.4. The van der Waals surface area contributed by atoms with Crippen molar-refractivity contribution in [3.05, 3.63) is 36.5 Å². The van der Waals surface area contributed by atoms with Gasteiger partial charge in [0, 0.05) is 16.7 Å². The number of hydrogen-bond acceptors (Lipinski definition) is 17. The first-order valence-corrected chi connectivity index (χ1v) is 14.0. The molecule has 0 aromatic rings. The third-order valence-electron chi connectivity index (χ3n) is 5.62. The molecule has 0 aliphatic rings. The predicted molar refractivity (Wildman–Crippen MR) is 156 cm³/mol. The van der Waals surface area contributed by atoms with E-state index in [0.29, 0.717) is 0 Å². The van der Waals surface area contributed by atoms with Crippen molar-refractivity contribution in [3.8, 4) is 0 Å². The van der Waals surface area contributed by atoms with Gasteiger partial charge in [0.15, 0.2) is 0 Å². The second kappa shape index (κ2) is 22.0. The van der Waals surface area contributed by atoms with Gasteiger partial charge in [-0.2, -0.15) is 0 Å². The molecule has 5 atom stereocenters. The molecule has 47 heavy (non-hydrogen) atoms. The van der Waals surface area contributed by atoms with Crippen LogP contribution in [0.1, 0.15) is 33.6 Å². The molecular weight excluding hydrogens is 632 g/mol. The zero-order valence-electron chi connectivity index (χ0n) is 26.7. The van der Waals surface area contributed by atoms with E-state index in [1.807, 2.05) is 0 Å². The van der Waals surface area contributed by atoms with Crippen LogP contribution in [-0.4, -0.2) is 122 Å². The van der Waals surface area contributed by atoms with E-state index < -0.39 is 124 Å². The van der Waals surface area contributed by atoms with Crippen molar-refractivity contribution in [1.82, 2.24) is 0 Å². The van der Waals surface area contributed by atoms with E-state index in [0.717, 1.165) is 7.11 Å². The van der Waals surface area contributed by atoms with Gasteiger partial charge in [-0.05, 0) is 20.8 Å². The fraction of sp³-hybridized carbons (Fsp3) is 0.567. The molecule has 3 unspecified atom stereocenters. The number of aliphatic hydroxyl groups excluding tert-OH is 3. The lowest BCUT2D eigenvalue weighted by Gasteiger charge is -2.24. The van der Waals surface area contributed by atoms with E-state index in [2.05, 4.69) is 19.7 Å². The summed E-state index contributed by atoms with van der Waals surface area (Å²) in [6.45, 7) is 10.4. The highest BCUT2D eigenvalue weighted by Gasteiger charge is 2.40. The van der Waals surface area contributed by atoms with Crippen LogP contribution in [0.3, 0.4) is 0 Å². The Bertz CT molecular complexity index is 1170. The number of esters is 7. The quantitative estimate of drug-likeness (QED) is 0.0726. The topological polar surface area (TPSA) is 245 Å². The van der Waals surface area contributed by atoms with Crippen molar-refractivity contribution >= 4 is 41.8 Å². The normalized spacial score (nSPS) is 13.7. The van der Waals surface area contributed by atoms with E-state index in [4.69, 9.17) is 33.2 Å². The van der Waals surface area contributed by atoms with Gasteiger partial charge < -0.3 is 48.5 Å². The second-order valence-corrected chi connectivity index (χ2v) is 10.2. The Hall–Kier alpha value is -4.61. The van der Waals surface area contributed by atoms with Crippen molar-refractivity contribution < 1.29 is 82.0 Å². The third-order valence-corrected chi connectivity index (χ3v) is 5.62. The summed E-state index contributed by atoms with van der Waals surface area (Å²) in [5, 5.41) is 30.0. The van der Waals surface area contributed by atoms with Crippen molar-refractivity contribution in [2.24, 2.45) is 11.8 Å². The van der Waals surface area contributed by atoms with Crippen LogP contribution in [0, 0.1) is 11.8 Å². The van der Waals surface area contributed by atoms with E-state index in [9.17, 15) is 48.9 Å². The molecule has 264 valence electrons. The lowest BCUT2D eigenvalue weighted by Crippen LogP contribution is -2.38. The SMILES string of the molecule is C=C(C)C(=O)OCC(O)COC(=O)C[C@H](C(=O)OCC(O)COC(=O)C(=C)C)[C@@H](CC(=O)OCC(O)COC(=O)C(=C)C)C(=O)OC. The number of hydrogen-bond donors (Lipinski definition) is 3. The Morgan fingerprint density at radius 2 is 0.766 bits per heavy atom. The maximum atomic E-state index is 13.1. The van der Waals surface area contributed by atoms with Gasteiger partial charge in [0.05, 0.1) is 31.8 Å². The molecule has 0 amide bonds. The van der Waals surface area contributed by atoms with Gasteiger partial charge in [0.2, 0.25) is 0 Å². The summed E-state index contributed by atoms with van der Waals surface area (Å²) in [7, 11) is 0.934. The van der Waals surface area contributed by atoms with E-state index in [1.54, 1.807) is 0 Å². The van der Waals surface area contributed by atoms with Crippen LogP contribution in [0.4, 0.5) is 0 Å². The Kier molecular flexibility index (Phi) is 19.8. The molecule has 0 bridgehead atoms. The molecule has 0 aliphatic heterocycles. The number of rotatable bonds is 22. The summed E-state index contributed by atoms with van der Waals surface area (Å²) < 4.78 is 33.8. The van der Waals surface area contributed by atoms with E-state index >= 15 is 0 Å². The number of carbonyl (C=O) groups excluding carboxylic acids is 7. The van der Waals surface area contributed by atoms with Crippen molar-refractivity contribution in [3.63, 3.8) is 0 Å². The van der Waals surface area contributed by atoms with Crippen LogP contribution < -0.4 is 0 Å². The van der Waals surface area contributed by atoms with Gasteiger partial charge in [-0.25, -0.2) is 14.4 Å². The minimum Gasteiger partial charge on any atom is -0.469 e. The molecule has 0 heterocycles. The molecule has 0 rings (SSSR count). The van der Waals surface area contributed by atoms with Crippen molar-refractivity contribution in [2.75, 3.05) is 46.8 Å². The van der Waals surface area contributed by atoms with Crippen LogP contribution in [0.2, 0.25) is 0 Å². The lowest BCUT2D eigenvalue weighted by molar-refractivity contribution is -0.169. The van der Waals surface area contributed by atoms with Gasteiger partial charge in [0.25, 0.3) is 0 Å². The first-order valence-electron chi connectivity index (χ1n) is 14.0. The standard InChI is InChI=1S/C30H42O17/c1-16(2)26(36)44-12-19(31)10-42-24(34)8-22(29(39)41-7)23(30(40)47-15-21(33)14-46-28(38)18(5)6)9-25(35)43-11-20(32)13-45-27(37)17(3)4/h19-23,31-33H,1,3,5,8-15H2,2,4,6-7H3/t19?,20?,21?,22-,23+/m1/s1. The van der Waals surface area contributed by atoms with E-state index in [-0.39, 0.29) is 16.7 Å². The summed E-state index contributed by atoms with van der Waals surface area (Å²) in [5.41, 5.74) is 0.163. The number of aliphatic hydroxyl groups is 3. The van der Waals surface area contributed by atoms with Gasteiger partial charge in [-0.15, -0.1) is 0 Å². The Balaban J connectivity index is 5.68. The van der Waals surface area contributed by atoms with Crippen LogP contribution in [0.15, 0.2) is 36.5 Å². The molecule has 0 saturated carbocycles. The molecule has 0 radical (unpaired) electrons. The zero-order valence-corrected chi connectivity index (χ0v) is 26.7. The highest BCUT2D eigenvalue weighted by Crippen LogP contribution is 2.25. The summed E-state index contributed by atoms with van der Waals surface area (Å²) >= 11 is 0. The molecule has 0 aromatic carbocycles. The Morgan fingerprint density at radius 1 is 0.489 bits per heavy atom. The largest absolute Gasteiger partial charge is 0.469 e. The summed E-state index contributed by atoms with van der Waals surface area (Å²) in [5.74, 6) is -10.7. The summed E-state index contributed by atoms with van der Waals surface area (Å²) in [6, 6.07) is 0. The maximum absolute atomic E-state index is 13.1. The molecule has 0 spiro atoms. The van der Waals surface area contributed by atoms with Gasteiger partial charge in [0.1, 0.15) is 58.0 Å². The smallest absolute Gasteiger partial charge is 0.333 e. The first-order chi connectivity index (χ1) is 21.9. The van der Waals surface area contributed by atoms with Crippen LogP contribution in [-0.2, 0) is 66.7 Å². The average molecular weight is 675 g/mol. The molecule has 3 N–H and O–H groups in total. The molecule has 0 aromatic heterocycles. The molecule has 17 heteroatoms. The zero-order chi connectivity index (χ0) is 36.3. The summed E-state index contributed by atoms with van der Waals surface area (Å²) in [6.07, 6.45) is -6.26. The van der Waals surface area contributed by atoms with E-state index in [1.165, 1.54) is 20.8 Å². The van der Waals surface area contributed by atoms with Crippen LogP contribution in [0.5, 0.6) is 0 Å². The highest BCUT2D eigenvalue weighted by molar-refractivity contribution is 5.89. The Labute approximate surface area is 271 Å². The minimum atomic E-state index is -1.78. The molecule has 0 fully saturated rings. The van der Waals surface area contributed by atoms with Crippen molar-refractivity contribution in [2.45, 2.75) is 51.9 Å². The van der Waals surface area contributed by atoms with Gasteiger partial charge in [-0.1, -0.05) is 19.7 Å². The molecule has 0 aliphatic carbocycles.